The van der Waals surface area contributed by atoms with Gasteiger partial charge in [-0.3, -0.25) is 9.59 Å². The number of ether oxygens (including phenoxy) is 3. The number of carbonyl (C=O) groups is 2. The molecule has 3 N–H and O–H groups in total. The van der Waals surface area contributed by atoms with Crippen molar-refractivity contribution in [1.29, 1.82) is 0 Å². The quantitative estimate of drug-likeness (QED) is 0.192. The number of aliphatic hydroxyl groups excluding tert-OH is 1. The van der Waals surface area contributed by atoms with Crippen molar-refractivity contribution in [3.05, 3.63) is 23.8 Å². The van der Waals surface area contributed by atoms with Crippen molar-refractivity contribution < 1.29 is 28.9 Å². The van der Waals surface area contributed by atoms with Crippen LogP contribution in [0.3, 0.4) is 0 Å². The molecular weight excluding hydrogens is 508 g/mol. The van der Waals surface area contributed by atoms with Crippen LogP contribution < -0.4 is 20.1 Å². The molecule has 0 bridgehead atoms. The Hall–Kier alpha value is -2.32. The lowest BCUT2D eigenvalue weighted by molar-refractivity contribution is -0.129. The van der Waals surface area contributed by atoms with E-state index in [0.29, 0.717) is 38.5 Å². The van der Waals surface area contributed by atoms with Gasteiger partial charge in [0.15, 0.2) is 11.5 Å². The van der Waals surface area contributed by atoms with Crippen LogP contribution in [0.5, 0.6) is 11.5 Å². The van der Waals surface area contributed by atoms with Crippen LogP contribution in [0.4, 0.5) is 0 Å². The minimum Gasteiger partial charge on any atom is -0.493 e. The Labute approximate surface area is 241 Å². The normalized spacial score (nSPS) is 16.5. The molecule has 8 nitrogen and oxygen atoms in total. The number of carbonyl (C=O) groups excluding carboxylic acids is 2. The van der Waals surface area contributed by atoms with E-state index >= 15 is 0 Å². The van der Waals surface area contributed by atoms with Gasteiger partial charge in [0, 0.05) is 39.5 Å². The van der Waals surface area contributed by atoms with Crippen LogP contribution in [0.25, 0.3) is 0 Å². The topological polar surface area (TPSA) is 106 Å². The Bertz CT molecular complexity index is 901. The first-order valence-corrected chi connectivity index (χ1v) is 15.2. The van der Waals surface area contributed by atoms with Gasteiger partial charge in [-0.05, 0) is 68.1 Å². The van der Waals surface area contributed by atoms with Crippen molar-refractivity contribution in [2.45, 2.75) is 104 Å². The predicted octanol–water partition coefficient (Wildman–Crippen LogP) is 5.05. The fourth-order valence-electron chi connectivity index (χ4n) is 5.58. The van der Waals surface area contributed by atoms with Gasteiger partial charge in [-0.1, -0.05) is 46.1 Å². The summed E-state index contributed by atoms with van der Waals surface area (Å²) in [6.45, 7) is 9.48. The molecule has 1 unspecified atom stereocenters. The van der Waals surface area contributed by atoms with Crippen molar-refractivity contribution in [3.8, 4) is 11.5 Å². The van der Waals surface area contributed by atoms with Crippen LogP contribution in [0.1, 0.15) is 91.0 Å². The Morgan fingerprint density at radius 3 is 2.40 bits per heavy atom. The highest BCUT2D eigenvalue weighted by Gasteiger charge is 2.38. The van der Waals surface area contributed by atoms with E-state index in [4.69, 9.17) is 14.2 Å². The highest BCUT2D eigenvalue weighted by molar-refractivity contribution is 5.79. The van der Waals surface area contributed by atoms with E-state index in [1.54, 1.807) is 14.2 Å². The molecule has 0 heterocycles. The molecule has 228 valence electrons. The molecule has 40 heavy (non-hydrogen) atoms. The average Bonchev–Trinajstić information content (AvgIpc) is 2.90. The lowest BCUT2D eigenvalue weighted by atomic mass is 9.76. The zero-order valence-corrected chi connectivity index (χ0v) is 25.7. The van der Waals surface area contributed by atoms with Crippen molar-refractivity contribution >= 4 is 11.8 Å². The maximum atomic E-state index is 13.0. The Morgan fingerprint density at radius 1 is 1.07 bits per heavy atom. The molecular formula is C32H54N2O6. The summed E-state index contributed by atoms with van der Waals surface area (Å²) < 4.78 is 16.5. The lowest BCUT2D eigenvalue weighted by Gasteiger charge is -2.42. The van der Waals surface area contributed by atoms with E-state index in [1.165, 1.54) is 12.5 Å². The van der Waals surface area contributed by atoms with Crippen LogP contribution in [0.15, 0.2) is 18.2 Å². The number of hydrogen-bond donors (Lipinski definition) is 3. The number of benzene rings is 1. The second-order valence-corrected chi connectivity index (χ2v) is 11.9. The molecule has 0 aliphatic heterocycles. The number of amides is 2. The molecule has 3 atom stereocenters. The molecule has 2 rings (SSSR count). The number of nitrogens with one attached hydrogen (secondary N) is 2. The molecule has 0 radical (unpaired) electrons. The standard InChI is InChI=1S/C32H54N2O6/c1-7-25(19-26-13-14-29(39-6)30(20-26)40-18-10-17-38-5)11-8-12-27(36)21-28(23(2)3)31(37)33-22-32(15-9-16-32)34-24(4)35/h13-14,20,23,25,27-28,36H,7-12,15-19,21-22H2,1-6H3,(H,33,37)(H,34,35)/t25-,27-,28?/m1/s1. The summed E-state index contributed by atoms with van der Waals surface area (Å²) in [5, 5.41) is 16.9. The van der Waals surface area contributed by atoms with Crippen LogP contribution in [0.2, 0.25) is 0 Å². The Kier molecular flexibility index (Phi) is 14.8. The van der Waals surface area contributed by atoms with Gasteiger partial charge in [-0.25, -0.2) is 0 Å². The van der Waals surface area contributed by atoms with E-state index < -0.39 is 6.10 Å². The second kappa shape index (κ2) is 17.5. The molecule has 1 aromatic rings. The third-order valence-corrected chi connectivity index (χ3v) is 8.25. The van der Waals surface area contributed by atoms with Crippen molar-refractivity contribution in [3.63, 3.8) is 0 Å². The Balaban J connectivity index is 1.83. The van der Waals surface area contributed by atoms with Gasteiger partial charge in [-0.15, -0.1) is 0 Å². The van der Waals surface area contributed by atoms with Gasteiger partial charge in [0.1, 0.15) is 0 Å². The predicted molar refractivity (Wildman–Crippen MR) is 159 cm³/mol. The number of methoxy groups -OCH3 is 2. The van der Waals surface area contributed by atoms with E-state index in [-0.39, 0.29) is 29.2 Å². The van der Waals surface area contributed by atoms with Crippen LogP contribution >= 0.6 is 0 Å². The highest BCUT2D eigenvalue weighted by atomic mass is 16.5. The van der Waals surface area contributed by atoms with Crippen LogP contribution in [-0.4, -0.2) is 62.5 Å². The molecule has 0 aromatic heterocycles. The molecule has 1 aromatic carbocycles. The molecule has 2 amide bonds. The van der Waals surface area contributed by atoms with Gasteiger partial charge < -0.3 is 30.0 Å². The molecule has 1 fully saturated rings. The largest absolute Gasteiger partial charge is 0.493 e. The molecule has 1 saturated carbocycles. The van der Waals surface area contributed by atoms with E-state index in [1.807, 2.05) is 19.9 Å². The van der Waals surface area contributed by atoms with Crippen molar-refractivity contribution in [1.82, 2.24) is 10.6 Å². The Morgan fingerprint density at radius 2 is 1.82 bits per heavy atom. The minimum absolute atomic E-state index is 0.0307. The van der Waals surface area contributed by atoms with Crippen molar-refractivity contribution in [2.24, 2.45) is 17.8 Å². The summed E-state index contributed by atoms with van der Waals surface area (Å²) in [6.07, 6.45) is 8.20. The first-order chi connectivity index (χ1) is 19.1. The van der Waals surface area contributed by atoms with Crippen LogP contribution in [-0.2, 0) is 20.7 Å². The third kappa shape index (κ3) is 11.3. The molecule has 8 heteroatoms. The van der Waals surface area contributed by atoms with E-state index in [2.05, 4.69) is 29.7 Å². The monoisotopic (exact) mass is 562 g/mol. The van der Waals surface area contributed by atoms with Crippen LogP contribution in [0, 0.1) is 17.8 Å². The summed E-state index contributed by atoms with van der Waals surface area (Å²) in [5.74, 6) is 1.77. The van der Waals surface area contributed by atoms with E-state index in [9.17, 15) is 14.7 Å². The number of hydrogen-bond acceptors (Lipinski definition) is 6. The molecule has 0 saturated heterocycles. The maximum absolute atomic E-state index is 13.0. The smallest absolute Gasteiger partial charge is 0.223 e. The first-order valence-electron chi connectivity index (χ1n) is 15.2. The second-order valence-electron chi connectivity index (χ2n) is 11.9. The maximum Gasteiger partial charge on any atom is 0.223 e. The minimum atomic E-state index is -0.517. The highest BCUT2D eigenvalue weighted by Crippen LogP contribution is 2.32. The van der Waals surface area contributed by atoms with Gasteiger partial charge in [-0.2, -0.15) is 0 Å². The fraction of sp³-hybridized carbons (Fsp3) is 0.750. The van der Waals surface area contributed by atoms with Gasteiger partial charge in [0.05, 0.1) is 25.4 Å². The summed E-state index contributed by atoms with van der Waals surface area (Å²) >= 11 is 0. The summed E-state index contributed by atoms with van der Waals surface area (Å²) in [7, 11) is 3.34. The third-order valence-electron chi connectivity index (χ3n) is 8.25. The molecule has 1 aliphatic carbocycles. The molecule has 0 spiro atoms. The first kappa shape index (κ1) is 33.9. The zero-order valence-electron chi connectivity index (χ0n) is 25.7. The molecule has 1 aliphatic rings. The van der Waals surface area contributed by atoms with Gasteiger partial charge >= 0.3 is 0 Å². The number of aliphatic hydroxyl groups is 1. The average molecular weight is 563 g/mol. The van der Waals surface area contributed by atoms with Gasteiger partial charge in [0.25, 0.3) is 0 Å². The SMILES string of the molecule is CC[C@H](CCC[C@@H](O)CC(C(=O)NCC1(NC(C)=O)CCC1)C(C)C)Cc1ccc(OC)c(OCCCOC)c1. The zero-order chi connectivity index (χ0) is 29.5. The summed E-state index contributed by atoms with van der Waals surface area (Å²) in [6, 6.07) is 6.15. The van der Waals surface area contributed by atoms with Gasteiger partial charge in [0.2, 0.25) is 11.8 Å². The summed E-state index contributed by atoms with van der Waals surface area (Å²) in [5.41, 5.74) is 0.910. The lowest BCUT2D eigenvalue weighted by Crippen LogP contribution is -2.60. The number of rotatable bonds is 20. The van der Waals surface area contributed by atoms with E-state index in [0.717, 1.165) is 62.9 Å². The summed E-state index contributed by atoms with van der Waals surface area (Å²) in [4.78, 5) is 24.6. The fourth-order valence-corrected chi connectivity index (χ4v) is 5.58. The van der Waals surface area contributed by atoms with Crippen molar-refractivity contribution in [2.75, 3.05) is 34.0 Å².